The standard InChI is InChI=1S/C15H18BrNO5/c1-4-21-15(19)13(18)11-5-9(16)6-12(20-3)14(11)22-10-7-17(2)8-10/h5-6,10H,4,7-8H2,1-3H3. The molecule has 1 fully saturated rings. The maximum absolute atomic E-state index is 12.3. The highest BCUT2D eigenvalue weighted by atomic mass is 79.9. The third-order valence-electron chi connectivity index (χ3n) is 3.26. The second-order valence-electron chi connectivity index (χ2n) is 5.00. The Labute approximate surface area is 137 Å². The number of hydrogen-bond donors (Lipinski definition) is 0. The highest BCUT2D eigenvalue weighted by Gasteiger charge is 2.30. The van der Waals surface area contributed by atoms with Gasteiger partial charge in [0.25, 0.3) is 5.78 Å². The molecule has 0 bridgehead atoms. The molecule has 22 heavy (non-hydrogen) atoms. The SMILES string of the molecule is CCOC(=O)C(=O)c1cc(Br)cc(OC)c1OC1CN(C)C1. The first-order valence-corrected chi connectivity index (χ1v) is 7.69. The number of ether oxygens (including phenoxy) is 3. The summed E-state index contributed by atoms with van der Waals surface area (Å²) in [5.74, 6) is -0.971. The van der Waals surface area contributed by atoms with Crippen LogP contribution in [0.3, 0.4) is 0 Å². The van der Waals surface area contributed by atoms with Gasteiger partial charge in [0, 0.05) is 17.6 Å². The van der Waals surface area contributed by atoms with E-state index < -0.39 is 11.8 Å². The number of rotatable bonds is 6. The summed E-state index contributed by atoms with van der Waals surface area (Å²) in [6.07, 6.45) is -0.0335. The summed E-state index contributed by atoms with van der Waals surface area (Å²) in [5.41, 5.74) is 0.138. The molecule has 1 aromatic rings. The van der Waals surface area contributed by atoms with Crippen molar-refractivity contribution in [1.82, 2.24) is 4.90 Å². The number of likely N-dealkylation sites (tertiary alicyclic amines) is 1. The summed E-state index contributed by atoms with van der Waals surface area (Å²) in [4.78, 5) is 26.1. The van der Waals surface area contributed by atoms with Gasteiger partial charge in [-0.05, 0) is 26.1 Å². The number of esters is 1. The second-order valence-corrected chi connectivity index (χ2v) is 5.91. The number of methoxy groups -OCH3 is 1. The minimum absolute atomic E-state index is 0.0335. The van der Waals surface area contributed by atoms with Crippen LogP contribution in [0.2, 0.25) is 0 Å². The number of hydrogen-bond acceptors (Lipinski definition) is 6. The van der Waals surface area contributed by atoms with Crippen LogP contribution in [0.1, 0.15) is 17.3 Å². The Bertz CT molecular complexity index is 584. The molecule has 0 unspecified atom stereocenters. The van der Waals surface area contributed by atoms with Gasteiger partial charge in [0.1, 0.15) is 6.10 Å². The first-order valence-electron chi connectivity index (χ1n) is 6.90. The van der Waals surface area contributed by atoms with Crippen LogP contribution in [0.25, 0.3) is 0 Å². The minimum atomic E-state index is -0.904. The van der Waals surface area contributed by atoms with Gasteiger partial charge in [-0.25, -0.2) is 4.79 Å². The third kappa shape index (κ3) is 3.59. The molecule has 0 atom stereocenters. The van der Waals surface area contributed by atoms with Gasteiger partial charge in [-0.1, -0.05) is 15.9 Å². The van der Waals surface area contributed by atoms with E-state index >= 15 is 0 Å². The van der Waals surface area contributed by atoms with Crippen LogP contribution in [0.15, 0.2) is 16.6 Å². The van der Waals surface area contributed by atoms with Crippen molar-refractivity contribution in [3.05, 3.63) is 22.2 Å². The molecule has 0 saturated carbocycles. The maximum Gasteiger partial charge on any atom is 0.379 e. The number of carbonyl (C=O) groups is 2. The van der Waals surface area contributed by atoms with Crippen LogP contribution in [-0.2, 0) is 9.53 Å². The molecule has 0 spiro atoms. The van der Waals surface area contributed by atoms with Crippen LogP contribution < -0.4 is 9.47 Å². The molecule has 1 heterocycles. The topological polar surface area (TPSA) is 65.1 Å². The maximum atomic E-state index is 12.3. The van der Waals surface area contributed by atoms with E-state index in [1.54, 1.807) is 19.1 Å². The highest BCUT2D eigenvalue weighted by Crippen LogP contribution is 2.36. The van der Waals surface area contributed by atoms with Crippen molar-refractivity contribution >= 4 is 27.7 Å². The predicted octanol–water partition coefficient (Wildman–Crippen LogP) is 1.90. The van der Waals surface area contributed by atoms with Gasteiger partial charge >= 0.3 is 5.97 Å². The number of nitrogens with zero attached hydrogens (tertiary/aromatic N) is 1. The smallest absolute Gasteiger partial charge is 0.379 e. The number of likely N-dealkylation sites (N-methyl/N-ethyl adjacent to an activating group) is 1. The van der Waals surface area contributed by atoms with E-state index in [9.17, 15) is 9.59 Å². The lowest BCUT2D eigenvalue weighted by Gasteiger charge is -2.36. The molecule has 0 aromatic heterocycles. The van der Waals surface area contributed by atoms with Gasteiger partial charge in [0.15, 0.2) is 11.5 Å². The molecule has 0 amide bonds. The van der Waals surface area contributed by atoms with Crippen molar-refractivity contribution in [3.63, 3.8) is 0 Å². The van der Waals surface area contributed by atoms with Gasteiger partial charge in [0.05, 0.1) is 19.3 Å². The van der Waals surface area contributed by atoms with E-state index in [-0.39, 0.29) is 24.0 Å². The molecule has 1 aromatic carbocycles. The number of carbonyl (C=O) groups excluding carboxylic acids is 2. The molecular formula is C15H18BrNO5. The zero-order valence-corrected chi connectivity index (χ0v) is 14.3. The molecule has 1 saturated heterocycles. The lowest BCUT2D eigenvalue weighted by atomic mass is 10.1. The largest absolute Gasteiger partial charge is 0.493 e. The Morgan fingerprint density at radius 1 is 1.36 bits per heavy atom. The zero-order valence-electron chi connectivity index (χ0n) is 12.7. The minimum Gasteiger partial charge on any atom is -0.493 e. The van der Waals surface area contributed by atoms with Crippen molar-refractivity contribution in [3.8, 4) is 11.5 Å². The van der Waals surface area contributed by atoms with E-state index in [2.05, 4.69) is 20.8 Å². The summed E-state index contributed by atoms with van der Waals surface area (Å²) in [6, 6.07) is 3.24. The summed E-state index contributed by atoms with van der Waals surface area (Å²) in [6.45, 7) is 3.30. The lowest BCUT2D eigenvalue weighted by Crippen LogP contribution is -2.51. The number of halogens is 1. The number of Topliss-reactive ketones (excluding diaryl/α,β-unsaturated/α-hetero) is 1. The quantitative estimate of drug-likeness (QED) is 0.432. The first kappa shape index (κ1) is 16.8. The summed E-state index contributed by atoms with van der Waals surface area (Å²) >= 11 is 3.30. The third-order valence-corrected chi connectivity index (χ3v) is 3.72. The first-order chi connectivity index (χ1) is 10.5. The van der Waals surface area contributed by atoms with Gasteiger partial charge in [-0.2, -0.15) is 0 Å². The predicted molar refractivity (Wildman–Crippen MR) is 83.6 cm³/mol. The molecule has 1 aliphatic rings. The van der Waals surface area contributed by atoms with Crippen molar-refractivity contribution in [1.29, 1.82) is 0 Å². The fourth-order valence-corrected chi connectivity index (χ4v) is 2.64. The van der Waals surface area contributed by atoms with E-state index in [4.69, 9.17) is 14.2 Å². The fourth-order valence-electron chi connectivity index (χ4n) is 2.20. The van der Waals surface area contributed by atoms with Gasteiger partial charge < -0.3 is 14.2 Å². The molecule has 120 valence electrons. The lowest BCUT2D eigenvalue weighted by molar-refractivity contribution is -0.137. The van der Waals surface area contributed by atoms with Crippen LogP contribution in [0.4, 0.5) is 0 Å². The Hall–Kier alpha value is -1.60. The average molecular weight is 372 g/mol. The Kier molecular flexibility index (Phi) is 5.42. The van der Waals surface area contributed by atoms with Crippen LogP contribution >= 0.6 is 15.9 Å². The molecule has 7 heteroatoms. The van der Waals surface area contributed by atoms with Crippen molar-refractivity contribution in [2.75, 3.05) is 33.9 Å². The molecule has 6 nitrogen and oxygen atoms in total. The van der Waals surface area contributed by atoms with Crippen molar-refractivity contribution in [2.24, 2.45) is 0 Å². The van der Waals surface area contributed by atoms with Crippen molar-refractivity contribution < 1.29 is 23.8 Å². The highest BCUT2D eigenvalue weighted by molar-refractivity contribution is 9.10. The molecule has 2 rings (SSSR count). The van der Waals surface area contributed by atoms with E-state index in [0.29, 0.717) is 10.2 Å². The van der Waals surface area contributed by atoms with Crippen LogP contribution in [0.5, 0.6) is 11.5 Å². The summed E-state index contributed by atoms with van der Waals surface area (Å²) in [5, 5.41) is 0. The number of benzene rings is 1. The second kappa shape index (κ2) is 7.11. The molecule has 0 radical (unpaired) electrons. The molecule has 0 aliphatic carbocycles. The van der Waals surface area contributed by atoms with E-state index in [0.717, 1.165) is 13.1 Å². The van der Waals surface area contributed by atoms with Gasteiger partial charge in [0.2, 0.25) is 0 Å². The zero-order chi connectivity index (χ0) is 16.3. The average Bonchev–Trinajstić information content (AvgIpc) is 2.46. The van der Waals surface area contributed by atoms with Gasteiger partial charge in [-0.3, -0.25) is 9.69 Å². The summed E-state index contributed by atoms with van der Waals surface area (Å²) in [7, 11) is 3.46. The van der Waals surface area contributed by atoms with Crippen LogP contribution in [-0.4, -0.2) is 56.6 Å². The number of ketones is 1. The molecule has 0 N–H and O–H groups in total. The fraction of sp³-hybridized carbons (Fsp3) is 0.467. The van der Waals surface area contributed by atoms with E-state index in [1.807, 2.05) is 7.05 Å². The Balaban J connectivity index is 2.35. The normalized spacial score (nSPS) is 15.1. The monoisotopic (exact) mass is 371 g/mol. The summed E-state index contributed by atoms with van der Waals surface area (Å²) < 4.78 is 16.5. The van der Waals surface area contributed by atoms with Crippen molar-refractivity contribution in [2.45, 2.75) is 13.0 Å². The molecule has 1 aliphatic heterocycles. The molecular weight excluding hydrogens is 354 g/mol. The van der Waals surface area contributed by atoms with E-state index in [1.165, 1.54) is 7.11 Å². The van der Waals surface area contributed by atoms with Crippen LogP contribution in [0, 0.1) is 0 Å². The van der Waals surface area contributed by atoms with Gasteiger partial charge in [-0.15, -0.1) is 0 Å². The Morgan fingerprint density at radius 3 is 2.59 bits per heavy atom. The Morgan fingerprint density at radius 2 is 2.05 bits per heavy atom.